The van der Waals surface area contributed by atoms with E-state index in [-0.39, 0.29) is 28.8 Å². The molecule has 0 N–H and O–H groups in total. The molecule has 6 aromatic carbocycles. The molecule has 65 heavy (non-hydrogen) atoms. The fourth-order valence-electron chi connectivity index (χ4n) is 6.07. The third-order valence-electron chi connectivity index (χ3n) is 9.56. The Morgan fingerprint density at radius 3 is 1.18 bits per heavy atom. The number of ether oxygens (including phenoxy) is 5. The van der Waals surface area contributed by atoms with Crippen molar-refractivity contribution < 1.29 is 47.7 Å². The normalized spacial score (nSPS) is 10.0. The second kappa shape index (κ2) is 22.4. The Morgan fingerprint density at radius 1 is 0.431 bits per heavy atom. The van der Waals surface area contributed by atoms with Gasteiger partial charge >= 0.3 is 29.8 Å². The van der Waals surface area contributed by atoms with E-state index in [1.54, 1.807) is 66.7 Å². The second-order valence-electron chi connectivity index (χ2n) is 14.4. The van der Waals surface area contributed by atoms with Crippen molar-refractivity contribution in [1.29, 1.82) is 0 Å². The summed E-state index contributed by atoms with van der Waals surface area (Å²) in [7, 11) is 1.24. The first kappa shape index (κ1) is 45.9. The fraction of sp³-hybridized carbons (Fsp3) is 0.145. The molecule has 0 unspecified atom stereocenters. The van der Waals surface area contributed by atoms with Crippen molar-refractivity contribution in [1.82, 2.24) is 0 Å². The third kappa shape index (κ3) is 13.9. The molecule has 0 bridgehead atoms. The zero-order valence-electron chi connectivity index (χ0n) is 36.1. The van der Waals surface area contributed by atoms with Crippen LogP contribution in [0.1, 0.15) is 95.0 Å². The van der Waals surface area contributed by atoms with E-state index in [0.29, 0.717) is 54.1 Å². The number of methoxy groups -OCH3 is 1. The number of rotatable bonds is 11. The summed E-state index contributed by atoms with van der Waals surface area (Å²) in [6, 6.07) is 38.5. The van der Waals surface area contributed by atoms with E-state index < -0.39 is 17.9 Å². The Labute approximate surface area is 377 Å². The van der Waals surface area contributed by atoms with Crippen LogP contribution in [0.2, 0.25) is 0 Å². The van der Waals surface area contributed by atoms with Gasteiger partial charge in [-0.25, -0.2) is 14.4 Å². The molecular weight excluding hydrogens is 821 g/mol. The molecule has 0 spiro atoms. The minimum atomic E-state index is -0.692. The lowest BCUT2D eigenvalue weighted by molar-refractivity contribution is -0.141. The van der Waals surface area contributed by atoms with Crippen molar-refractivity contribution in [3.05, 3.63) is 200 Å². The highest BCUT2D eigenvalue weighted by Gasteiger charge is 2.18. The van der Waals surface area contributed by atoms with Gasteiger partial charge < -0.3 is 23.7 Å². The highest BCUT2D eigenvalue weighted by atomic mass is 16.6. The third-order valence-corrected chi connectivity index (χ3v) is 9.56. The summed E-state index contributed by atoms with van der Waals surface area (Å²) in [5.74, 6) is 16.4. The second-order valence-corrected chi connectivity index (χ2v) is 14.4. The minimum absolute atomic E-state index is 0.0184. The lowest BCUT2D eigenvalue weighted by Gasteiger charge is -2.09. The zero-order valence-corrected chi connectivity index (χ0v) is 36.1. The average Bonchev–Trinajstić information content (AvgIpc) is 3.31. The van der Waals surface area contributed by atoms with E-state index in [4.69, 9.17) is 23.7 Å². The lowest BCUT2D eigenvalue weighted by atomic mass is 10.1. The molecule has 0 atom stereocenters. The maximum atomic E-state index is 13.1. The van der Waals surface area contributed by atoms with Crippen LogP contribution in [0.5, 0.6) is 11.5 Å². The molecule has 10 heteroatoms. The van der Waals surface area contributed by atoms with Crippen molar-refractivity contribution in [3.63, 3.8) is 0 Å². The SMILES string of the molecule is COC(=O)c1cc(C#Cc2ccc(CCOC(C)=O)cc2)ccc1OC(=O)c1ccc(C#Cc2ccc(C(=O)Oc3ccc(C#Cc4ccc(CCOC(C)=O)cc4)cc3C)cc2)cc1. The molecule has 0 radical (unpaired) electrons. The number of hydrogen-bond acceptors (Lipinski definition) is 10. The van der Waals surface area contributed by atoms with Gasteiger partial charge in [0.25, 0.3) is 0 Å². The van der Waals surface area contributed by atoms with Crippen LogP contribution in [-0.4, -0.2) is 50.2 Å². The van der Waals surface area contributed by atoms with Crippen LogP contribution < -0.4 is 9.47 Å². The highest BCUT2D eigenvalue weighted by Crippen LogP contribution is 2.24. The first-order chi connectivity index (χ1) is 31.4. The summed E-state index contributed by atoms with van der Waals surface area (Å²) in [6.45, 7) is 5.24. The number of benzene rings is 6. The molecule has 322 valence electrons. The fourth-order valence-corrected chi connectivity index (χ4v) is 6.07. The van der Waals surface area contributed by atoms with Gasteiger partial charge in [0.15, 0.2) is 0 Å². The molecule has 0 aliphatic rings. The van der Waals surface area contributed by atoms with Gasteiger partial charge in [0.1, 0.15) is 17.1 Å². The first-order valence-corrected chi connectivity index (χ1v) is 20.4. The Morgan fingerprint density at radius 2 is 0.785 bits per heavy atom. The molecule has 0 saturated carbocycles. The van der Waals surface area contributed by atoms with Crippen LogP contribution in [0.3, 0.4) is 0 Å². The summed E-state index contributed by atoms with van der Waals surface area (Å²) in [6.07, 6.45) is 1.22. The van der Waals surface area contributed by atoms with Gasteiger partial charge in [0.05, 0.1) is 31.5 Å². The maximum absolute atomic E-state index is 13.1. The highest BCUT2D eigenvalue weighted by molar-refractivity contribution is 5.96. The van der Waals surface area contributed by atoms with Gasteiger partial charge in [-0.2, -0.15) is 0 Å². The molecule has 0 aromatic heterocycles. The summed E-state index contributed by atoms with van der Waals surface area (Å²) in [5, 5.41) is 0. The van der Waals surface area contributed by atoms with E-state index in [9.17, 15) is 24.0 Å². The Kier molecular flexibility index (Phi) is 15.8. The zero-order chi connectivity index (χ0) is 46.1. The van der Waals surface area contributed by atoms with E-state index in [2.05, 4.69) is 35.5 Å². The van der Waals surface area contributed by atoms with Gasteiger partial charge in [-0.1, -0.05) is 59.8 Å². The molecule has 0 heterocycles. The largest absolute Gasteiger partial charge is 0.466 e. The van der Waals surface area contributed by atoms with Crippen LogP contribution in [-0.2, 0) is 36.6 Å². The quantitative estimate of drug-likeness (QED) is 0.0540. The predicted molar refractivity (Wildman–Crippen MR) is 243 cm³/mol. The molecule has 0 aliphatic carbocycles. The molecule has 0 amide bonds. The van der Waals surface area contributed by atoms with Crippen LogP contribution in [0.25, 0.3) is 0 Å². The molecule has 0 saturated heterocycles. The standard InChI is InChI=1S/C55H42O10/c1-37-35-46(17-15-40-7-11-44(12-8-40)31-33-62-38(2)56)23-29-51(37)64-53(58)48-25-19-42(20-26-48)5-6-43-21-27-49(28-22-43)54(59)65-52-30-24-47(36-50(52)55(60)61-4)18-16-41-9-13-45(14-10-41)32-34-63-39(3)57/h7-14,19-30,35-36H,31-34H2,1-4H3. The minimum Gasteiger partial charge on any atom is -0.466 e. The summed E-state index contributed by atoms with van der Waals surface area (Å²) in [5.41, 5.74) is 7.60. The van der Waals surface area contributed by atoms with Gasteiger partial charge in [-0.15, -0.1) is 0 Å². The summed E-state index contributed by atoms with van der Waals surface area (Å²) < 4.78 is 26.2. The van der Waals surface area contributed by atoms with Gasteiger partial charge in [0.2, 0.25) is 0 Å². The molecule has 6 aromatic rings. The monoisotopic (exact) mass is 862 g/mol. The van der Waals surface area contributed by atoms with E-state index in [1.807, 2.05) is 61.5 Å². The molecule has 6 rings (SSSR count). The number of esters is 5. The smallest absolute Gasteiger partial charge is 0.343 e. The van der Waals surface area contributed by atoms with E-state index >= 15 is 0 Å². The first-order valence-electron chi connectivity index (χ1n) is 20.4. The van der Waals surface area contributed by atoms with Crippen LogP contribution in [0.4, 0.5) is 0 Å². The van der Waals surface area contributed by atoms with Crippen molar-refractivity contribution in [3.8, 4) is 47.0 Å². The number of hydrogen-bond donors (Lipinski definition) is 0. The summed E-state index contributed by atoms with van der Waals surface area (Å²) in [4.78, 5) is 60.8. The van der Waals surface area contributed by atoms with Crippen molar-refractivity contribution >= 4 is 29.8 Å². The van der Waals surface area contributed by atoms with Crippen LogP contribution in [0.15, 0.2) is 133 Å². The van der Waals surface area contributed by atoms with Crippen molar-refractivity contribution in [2.45, 2.75) is 33.6 Å². The molecular formula is C55H42O10. The predicted octanol–water partition coefficient (Wildman–Crippen LogP) is 8.63. The molecule has 0 aliphatic heterocycles. The topological polar surface area (TPSA) is 132 Å². The van der Waals surface area contributed by atoms with Gasteiger partial charge in [0, 0.05) is 60.1 Å². The van der Waals surface area contributed by atoms with Crippen LogP contribution in [0, 0.1) is 42.4 Å². The van der Waals surface area contributed by atoms with Gasteiger partial charge in [-0.3, -0.25) is 9.59 Å². The number of aryl methyl sites for hydroxylation is 1. The summed E-state index contributed by atoms with van der Waals surface area (Å²) >= 11 is 0. The van der Waals surface area contributed by atoms with E-state index in [0.717, 1.165) is 33.4 Å². The average molecular weight is 863 g/mol. The maximum Gasteiger partial charge on any atom is 0.343 e. The molecule has 10 nitrogen and oxygen atoms in total. The van der Waals surface area contributed by atoms with Gasteiger partial charge in [-0.05, 0) is 133 Å². The number of carbonyl (C=O) groups excluding carboxylic acids is 5. The van der Waals surface area contributed by atoms with Crippen molar-refractivity contribution in [2.75, 3.05) is 20.3 Å². The Bertz CT molecular complexity index is 2910. The van der Waals surface area contributed by atoms with Crippen molar-refractivity contribution in [2.24, 2.45) is 0 Å². The Hall–Kier alpha value is -8.65. The number of carbonyl (C=O) groups is 5. The van der Waals surface area contributed by atoms with E-state index in [1.165, 1.54) is 33.1 Å². The Balaban J connectivity index is 1.01. The molecule has 0 fully saturated rings. The van der Waals surface area contributed by atoms with Crippen LogP contribution >= 0.6 is 0 Å². The lowest BCUT2D eigenvalue weighted by Crippen LogP contribution is -2.12.